The van der Waals surface area contributed by atoms with Crippen LogP contribution < -0.4 is 10.9 Å². The molecule has 18 heavy (non-hydrogen) atoms. The Labute approximate surface area is 114 Å². The molecular weight excluding hydrogens is 294 g/mol. The molecule has 2 aromatic heterocycles. The maximum atomic E-state index is 11.9. The van der Waals surface area contributed by atoms with Gasteiger partial charge < -0.3 is 9.88 Å². The van der Waals surface area contributed by atoms with Gasteiger partial charge in [0.25, 0.3) is 5.56 Å². The van der Waals surface area contributed by atoms with Gasteiger partial charge in [-0.3, -0.25) is 9.78 Å². The number of nitrogens with one attached hydrogen (secondary N) is 1. The van der Waals surface area contributed by atoms with Gasteiger partial charge in [0.2, 0.25) is 0 Å². The first kappa shape index (κ1) is 12.8. The molecule has 0 spiro atoms. The summed E-state index contributed by atoms with van der Waals surface area (Å²) in [5, 5.41) is 3.22. The van der Waals surface area contributed by atoms with Crippen LogP contribution in [0.25, 0.3) is 0 Å². The van der Waals surface area contributed by atoms with Gasteiger partial charge in [-0.1, -0.05) is 0 Å². The van der Waals surface area contributed by atoms with Gasteiger partial charge in [0.15, 0.2) is 0 Å². The minimum atomic E-state index is -0.0480. The van der Waals surface area contributed by atoms with Crippen molar-refractivity contribution in [2.75, 3.05) is 11.9 Å². The molecule has 0 fully saturated rings. The molecular formula is C13H14BrN3O. The lowest BCUT2D eigenvalue weighted by atomic mass is 10.3. The first-order chi connectivity index (χ1) is 8.70. The summed E-state index contributed by atoms with van der Waals surface area (Å²) in [6, 6.07) is 7.44. The van der Waals surface area contributed by atoms with Crippen molar-refractivity contribution in [3.63, 3.8) is 0 Å². The van der Waals surface area contributed by atoms with E-state index in [0.29, 0.717) is 11.0 Å². The van der Waals surface area contributed by atoms with Gasteiger partial charge in [-0.05, 0) is 47.1 Å². The van der Waals surface area contributed by atoms with Crippen LogP contribution in [0.3, 0.4) is 0 Å². The Hall–Kier alpha value is -1.62. The standard InChI is InChI=1S/C13H14BrN3O/c1-2-15-10-5-6-16-11(8-10)9-17-7-3-4-12(14)13(17)18/h3-8H,2,9H2,1H3,(H,15,16). The second kappa shape index (κ2) is 5.82. The number of hydrogen-bond acceptors (Lipinski definition) is 3. The average Bonchev–Trinajstić information content (AvgIpc) is 2.36. The zero-order valence-electron chi connectivity index (χ0n) is 10.1. The summed E-state index contributed by atoms with van der Waals surface area (Å²) in [4.78, 5) is 16.1. The molecule has 2 heterocycles. The molecule has 0 aliphatic carbocycles. The third-order valence-electron chi connectivity index (χ3n) is 2.50. The molecule has 4 nitrogen and oxygen atoms in total. The van der Waals surface area contributed by atoms with E-state index >= 15 is 0 Å². The van der Waals surface area contributed by atoms with Crippen LogP contribution in [0, 0.1) is 0 Å². The topological polar surface area (TPSA) is 46.9 Å². The third-order valence-corrected chi connectivity index (χ3v) is 3.11. The van der Waals surface area contributed by atoms with Crippen LogP contribution in [0.4, 0.5) is 5.69 Å². The fraction of sp³-hybridized carbons (Fsp3) is 0.231. The van der Waals surface area contributed by atoms with Crippen molar-refractivity contribution in [1.29, 1.82) is 0 Å². The van der Waals surface area contributed by atoms with Crippen molar-refractivity contribution in [3.05, 3.63) is 57.2 Å². The van der Waals surface area contributed by atoms with Crippen LogP contribution in [-0.4, -0.2) is 16.1 Å². The highest BCUT2D eigenvalue weighted by molar-refractivity contribution is 9.10. The van der Waals surface area contributed by atoms with Gasteiger partial charge >= 0.3 is 0 Å². The van der Waals surface area contributed by atoms with Crippen LogP contribution in [0.2, 0.25) is 0 Å². The van der Waals surface area contributed by atoms with Gasteiger partial charge in [-0.25, -0.2) is 0 Å². The Morgan fingerprint density at radius 1 is 1.44 bits per heavy atom. The highest BCUT2D eigenvalue weighted by Crippen LogP contribution is 2.09. The largest absolute Gasteiger partial charge is 0.385 e. The van der Waals surface area contributed by atoms with Crippen LogP contribution in [0.1, 0.15) is 12.6 Å². The molecule has 0 aliphatic heterocycles. The first-order valence-corrected chi connectivity index (χ1v) is 6.53. The van der Waals surface area contributed by atoms with E-state index in [9.17, 15) is 4.79 Å². The molecule has 94 valence electrons. The van der Waals surface area contributed by atoms with Crippen LogP contribution in [0.15, 0.2) is 45.9 Å². The van der Waals surface area contributed by atoms with E-state index in [1.54, 1.807) is 23.0 Å². The molecule has 2 rings (SSSR count). The SMILES string of the molecule is CCNc1ccnc(Cn2cccc(Br)c2=O)c1. The number of aromatic nitrogens is 2. The fourth-order valence-electron chi connectivity index (χ4n) is 1.69. The normalized spacial score (nSPS) is 10.3. The van der Waals surface area contributed by atoms with E-state index in [4.69, 9.17) is 0 Å². The maximum absolute atomic E-state index is 11.9. The summed E-state index contributed by atoms with van der Waals surface area (Å²) in [5.74, 6) is 0. The Morgan fingerprint density at radius 2 is 2.28 bits per heavy atom. The molecule has 0 bridgehead atoms. The summed E-state index contributed by atoms with van der Waals surface area (Å²) >= 11 is 3.23. The molecule has 0 unspecified atom stereocenters. The lowest BCUT2D eigenvalue weighted by Crippen LogP contribution is -2.20. The molecule has 0 atom stereocenters. The Bertz CT molecular complexity index is 595. The minimum Gasteiger partial charge on any atom is -0.385 e. The molecule has 0 aromatic carbocycles. The molecule has 5 heteroatoms. The van der Waals surface area contributed by atoms with E-state index in [1.165, 1.54) is 0 Å². The van der Waals surface area contributed by atoms with Crippen molar-refractivity contribution in [3.8, 4) is 0 Å². The molecule has 0 aliphatic rings. The van der Waals surface area contributed by atoms with E-state index in [0.717, 1.165) is 17.9 Å². The van der Waals surface area contributed by atoms with E-state index in [2.05, 4.69) is 26.2 Å². The van der Waals surface area contributed by atoms with Crippen molar-refractivity contribution in [2.45, 2.75) is 13.5 Å². The number of halogens is 1. The van der Waals surface area contributed by atoms with Crippen molar-refractivity contribution >= 4 is 21.6 Å². The lowest BCUT2D eigenvalue weighted by molar-refractivity contribution is 0.736. The van der Waals surface area contributed by atoms with Crippen molar-refractivity contribution in [2.24, 2.45) is 0 Å². The van der Waals surface area contributed by atoms with Gasteiger partial charge in [-0.15, -0.1) is 0 Å². The fourth-order valence-corrected chi connectivity index (χ4v) is 2.07. The van der Waals surface area contributed by atoms with Crippen molar-refractivity contribution < 1.29 is 0 Å². The first-order valence-electron chi connectivity index (χ1n) is 5.74. The van der Waals surface area contributed by atoms with E-state index in [1.807, 2.05) is 25.1 Å². The summed E-state index contributed by atoms with van der Waals surface area (Å²) in [6.45, 7) is 3.37. The van der Waals surface area contributed by atoms with E-state index < -0.39 is 0 Å². The quantitative estimate of drug-likeness (QED) is 0.944. The zero-order chi connectivity index (χ0) is 13.0. The number of anilines is 1. The molecule has 1 N–H and O–H groups in total. The Kier molecular flexibility index (Phi) is 4.15. The van der Waals surface area contributed by atoms with Crippen LogP contribution in [0.5, 0.6) is 0 Å². The Morgan fingerprint density at radius 3 is 3.06 bits per heavy atom. The van der Waals surface area contributed by atoms with Gasteiger partial charge in [0, 0.05) is 24.6 Å². The molecule has 0 saturated carbocycles. The summed E-state index contributed by atoms with van der Waals surface area (Å²) < 4.78 is 2.19. The number of hydrogen-bond donors (Lipinski definition) is 1. The maximum Gasteiger partial charge on any atom is 0.265 e. The molecule has 0 radical (unpaired) electrons. The second-order valence-electron chi connectivity index (χ2n) is 3.86. The summed E-state index contributed by atoms with van der Waals surface area (Å²) in [5.41, 5.74) is 1.83. The highest BCUT2D eigenvalue weighted by Gasteiger charge is 2.02. The van der Waals surface area contributed by atoms with Gasteiger partial charge in [0.1, 0.15) is 0 Å². The highest BCUT2D eigenvalue weighted by atomic mass is 79.9. The van der Waals surface area contributed by atoms with Crippen molar-refractivity contribution in [1.82, 2.24) is 9.55 Å². The monoisotopic (exact) mass is 307 g/mol. The Balaban J connectivity index is 2.26. The summed E-state index contributed by atoms with van der Waals surface area (Å²) in [6.07, 6.45) is 3.51. The summed E-state index contributed by atoms with van der Waals surface area (Å²) in [7, 11) is 0. The average molecular weight is 308 g/mol. The third kappa shape index (κ3) is 2.98. The molecule has 2 aromatic rings. The van der Waals surface area contributed by atoms with Gasteiger partial charge in [-0.2, -0.15) is 0 Å². The minimum absolute atomic E-state index is 0.0480. The molecule has 0 amide bonds. The number of rotatable bonds is 4. The predicted molar refractivity (Wildman–Crippen MR) is 75.9 cm³/mol. The number of pyridine rings is 2. The smallest absolute Gasteiger partial charge is 0.265 e. The lowest BCUT2D eigenvalue weighted by Gasteiger charge is -2.08. The van der Waals surface area contributed by atoms with Crippen LogP contribution >= 0.6 is 15.9 Å². The van der Waals surface area contributed by atoms with E-state index in [-0.39, 0.29) is 5.56 Å². The second-order valence-corrected chi connectivity index (χ2v) is 4.71. The molecule has 0 saturated heterocycles. The predicted octanol–water partition coefficient (Wildman–Crippen LogP) is 2.49. The van der Waals surface area contributed by atoms with Gasteiger partial charge in [0.05, 0.1) is 16.7 Å². The van der Waals surface area contributed by atoms with Crippen LogP contribution in [-0.2, 0) is 6.54 Å². The number of nitrogens with zero attached hydrogens (tertiary/aromatic N) is 2. The zero-order valence-corrected chi connectivity index (χ0v) is 11.6.